The van der Waals surface area contributed by atoms with Gasteiger partial charge in [-0.15, -0.1) is 11.6 Å². The van der Waals surface area contributed by atoms with Crippen molar-refractivity contribution in [2.45, 2.75) is 31.2 Å². The van der Waals surface area contributed by atoms with Gasteiger partial charge in [0.1, 0.15) is 11.5 Å². The fourth-order valence-corrected chi connectivity index (χ4v) is 2.21. The van der Waals surface area contributed by atoms with Crippen LogP contribution in [0.2, 0.25) is 0 Å². The minimum atomic E-state index is -0.555. The van der Waals surface area contributed by atoms with Gasteiger partial charge in [0.15, 0.2) is 0 Å². The second-order valence-electron chi connectivity index (χ2n) is 4.56. The van der Waals surface area contributed by atoms with Crippen molar-refractivity contribution in [1.82, 2.24) is 9.88 Å². The predicted molar refractivity (Wildman–Crippen MR) is 69.7 cm³/mol. The number of nitrogens with zero attached hydrogens (tertiary/aromatic N) is 2. The van der Waals surface area contributed by atoms with Crippen molar-refractivity contribution in [3.05, 3.63) is 24.1 Å². The molecule has 1 atom stereocenters. The quantitative estimate of drug-likeness (QED) is 0.632. The van der Waals surface area contributed by atoms with Crippen molar-refractivity contribution in [2.75, 3.05) is 13.1 Å². The Morgan fingerprint density at radius 2 is 2.21 bits per heavy atom. The maximum Gasteiger partial charge on any atom is 0.240 e. The van der Waals surface area contributed by atoms with E-state index in [1.165, 1.54) is 6.07 Å². The molecule has 0 spiro atoms. The van der Waals surface area contributed by atoms with Gasteiger partial charge in [-0.2, -0.15) is 9.37 Å². The Kier molecular flexibility index (Phi) is 4.58. The number of halogens is 2. The predicted octanol–water partition coefficient (Wildman–Crippen LogP) is 2.22. The zero-order valence-electron chi connectivity index (χ0n) is 10.7. The smallest absolute Gasteiger partial charge is 0.240 e. The van der Waals surface area contributed by atoms with Crippen LogP contribution in [0.15, 0.2) is 18.2 Å². The number of carbonyl (C=O) groups excluding carboxylic acids is 1. The van der Waals surface area contributed by atoms with Crippen LogP contribution in [-0.2, 0) is 4.79 Å². The van der Waals surface area contributed by atoms with E-state index in [0.29, 0.717) is 25.9 Å². The summed E-state index contributed by atoms with van der Waals surface area (Å²) in [5.74, 6) is -0.319. The first-order valence-electron chi connectivity index (χ1n) is 6.28. The average molecular weight is 287 g/mol. The Morgan fingerprint density at radius 3 is 2.79 bits per heavy atom. The summed E-state index contributed by atoms with van der Waals surface area (Å²) < 4.78 is 18.5. The first-order chi connectivity index (χ1) is 9.06. The van der Waals surface area contributed by atoms with Gasteiger partial charge in [0.2, 0.25) is 17.7 Å². The van der Waals surface area contributed by atoms with Crippen LogP contribution in [0.3, 0.4) is 0 Å². The molecule has 2 heterocycles. The topological polar surface area (TPSA) is 42.4 Å². The molecule has 2 rings (SSSR count). The first-order valence-corrected chi connectivity index (χ1v) is 6.72. The van der Waals surface area contributed by atoms with Gasteiger partial charge >= 0.3 is 0 Å². The van der Waals surface area contributed by atoms with Crippen LogP contribution in [0.4, 0.5) is 4.39 Å². The van der Waals surface area contributed by atoms with Crippen molar-refractivity contribution in [1.29, 1.82) is 0 Å². The number of rotatable bonds is 3. The zero-order valence-corrected chi connectivity index (χ0v) is 11.4. The van der Waals surface area contributed by atoms with Crippen LogP contribution >= 0.6 is 11.6 Å². The number of piperidine rings is 1. The number of likely N-dealkylation sites (tertiary alicyclic amines) is 1. The lowest BCUT2D eigenvalue weighted by atomic mass is 10.1. The van der Waals surface area contributed by atoms with Gasteiger partial charge in [-0.05, 0) is 13.0 Å². The largest absolute Gasteiger partial charge is 0.474 e. The summed E-state index contributed by atoms with van der Waals surface area (Å²) in [5, 5.41) is -0.498. The van der Waals surface area contributed by atoms with E-state index < -0.39 is 11.3 Å². The minimum Gasteiger partial charge on any atom is -0.474 e. The Balaban J connectivity index is 1.85. The lowest BCUT2D eigenvalue weighted by molar-refractivity contribution is -0.132. The first kappa shape index (κ1) is 14.1. The molecule has 0 aliphatic carbocycles. The molecule has 0 bridgehead atoms. The van der Waals surface area contributed by atoms with Crippen LogP contribution in [0.5, 0.6) is 5.88 Å². The highest BCUT2D eigenvalue weighted by atomic mass is 35.5. The Bertz CT molecular complexity index is 448. The van der Waals surface area contributed by atoms with E-state index >= 15 is 0 Å². The van der Waals surface area contributed by atoms with E-state index in [1.807, 2.05) is 0 Å². The highest BCUT2D eigenvalue weighted by Gasteiger charge is 2.26. The van der Waals surface area contributed by atoms with E-state index in [4.69, 9.17) is 16.3 Å². The second-order valence-corrected chi connectivity index (χ2v) is 5.21. The van der Waals surface area contributed by atoms with Crippen LogP contribution in [0, 0.1) is 5.95 Å². The van der Waals surface area contributed by atoms with Crippen LogP contribution in [-0.4, -0.2) is 40.4 Å². The number of hydrogen-bond acceptors (Lipinski definition) is 3. The lowest BCUT2D eigenvalue weighted by Crippen LogP contribution is -2.44. The fourth-order valence-electron chi connectivity index (χ4n) is 2.07. The molecule has 1 aromatic heterocycles. The molecule has 0 saturated carbocycles. The Hall–Kier alpha value is -1.36. The van der Waals surface area contributed by atoms with Crippen LogP contribution in [0.25, 0.3) is 0 Å². The average Bonchev–Trinajstić information content (AvgIpc) is 2.39. The molecule has 104 valence electrons. The van der Waals surface area contributed by atoms with Gasteiger partial charge in [0, 0.05) is 32.0 Å². The minimum absolute atomic E-state index is 0.0380. The number of aromatic nitrogens is 1. The zero-order chi connectivity index (χ0) is 13.8. The standard InChI is InChI=1S/C13H16ClFN2O2/c1-9(14)13(18)17-7-5-10(6-8-17)19-12-4-2-3-11(15)16-12/h2-4,9-10H,5-8H2,1H3. The molecule has 4 nitrogen and oxygen atoms in total. The molecule has 1 aliphatic heterocycles. The summed E-state index contributed by atoms with van der Waals surface area (Å²) in [6.07, 6.45) is 1.37. The molecule has 19 heavy (non-hydrogen) atoms. The number of pyridine rings is 1. The number of hydrogen-bond donors (Lipinski definition) is 0. The van der Waals surface area contributed by atoms with Gasteiger partial charge in [0.05, 0.1) is 0 Å². The summed E-state index contributed by atoms with van der Waals surface area (Å²) in [5.41, 5.74) is 0. The summed E-state index contributed by atoms with van der Waals surface area (Å²) in [6, 6.07) is 4.46. The highest BCUT2D eigenvalue weighted by Crippen LogP contribution is 2.18. The Morgan fingerprint density at radius 1 is 1.53 bits per heavy atom. The third-order valence-corrected chi connectivity index (χ3v) is 3.26. The van der Waals surface area contributed by atoms with Crippen molar-refractivity contribution in [3.8, 4) is 5.88 Å². The van der Waals surface area contributed by atoms with E-state index in [9.17, 15) is 9.18 Å². The molecule has 1 amide bonds. The molecule has 1 saturated heterocycles. The summed E-state index contributed by atoms with van der Waals surface area (Å²) in [4.78, 5) is 17.1. The molecule has 1 aliphatic rings. The SMILES string of the molecule is CC(Cl)C(=O)N1CCC(Oc2cccc(F)n2)CC1. The monoisotopic (exact) mass is 286 g/mol. The third kappa shape index (κ3) is 3.80. The maximum absolute atomic E-state index is 12.9. The number of carbonyl (C=O) groups is 1. The summed E-state index contributed by atoms with van der Waals surface area (Å²) in [7, 11) is 0. The van der Waals surface area contributed by atoms with Crippen molar-refractivity contribution in [2.24, 2.45) is 0 Å². The van der Waals surface area contributed by atoms with E-state index in [2.05, 4.69) is 4.98 Å². The molecule has 6 heteroatoms. The number of ether oxygens (including phenoxy) is 1. The van der Waals surface area contributed by atoms with Gasteiger partial charge in [-0.25, -0.2) is 0 Å². The normalized spacial score (nSPS) is 18.2. The molecule has 1 fully saturated rings. The summed E-state index contributed by atoms with van der Waals surface area (Å²) >= 11 is 5.77. The van der Waals surface area contributed by atoms with Gasteiger partial charge in [0.25, 0.3) is 0 Å². The molecule has 1 unspecified atom stereocenters. The molecular weight excluding hydrogens is 271 g/mol. The van der Waals surface area contributed by atoms with E-state index in [1.54, 1.807) is 24.0 Å². The van der Waals surface area contributed by atoms with Crippen molar-refractivity contribution < 1.29 is 13.9 Å². The van der Waals surface area contributed by atoms with E-state index in [-0.39, 0.29) is 17.9 Å². The Labute approximate surface area is 116 Å². The molecule has 0 aromatic carbocycles. The second kappa shape index (κ2) is 6.19. The van der Waals surface area contributed by atoms with Gasteiger partial charge in [-0.1, -0.05) is 6.07 Å². The van der Waals surface area contributed by atoms with E-state index in [0.717, 1.165) is 0 Å². The molecule has 0 N–H and O–H groups in total. The number of amides is 1. The summed E-state index contributed by atoms with van der Waals surface area (Å²) in [6.45, 7) is 2.88. The van der Waals surface area contributed by atoms with Crippen LogP contribution in [0.1, 0.15) is 19.8 Å². The molecule has 0 radical (unpaired) electrons. The van der Waals surface area contributed by atoms with Gasteiger partial charge in [-0.3, -0.25) is 4.79 Å². The van der Waals surface area contributed by atoms with Crippen LogP contribution < -0.4 is 4.74 Å². The fraction of sp³-hybridized carbons (Fsp3) is 0.538. The van der Waals surface area contributed by atoms with Crippen molar-refractivity contribution >= 4 is 17.5 Å². The molecular formula is C13H16ClFN2O2. The van der Waals surface area contributed by atoms with Crippen molar-refractivity contribution in [3.63, 3.8) is 0 Å². The third-order valence-electron chi connectivity index (χ3n) is 3.07. The lowest BCUT2D eigenvalue weighted by Gasteiger charge is -2.32. The maximum atomic E-state index is 12.9. The highest BCUT2D eigenvalue weighted by molar-refractivity contribution is 6.30. The molecule has 1 aromatic rings. The van der Waals surface area contributed by atoms with Gasteiger partial charge < -0.3 is 9.64 Å². The number of alkyl halides is 1.